The van der Waals surface area contributed by atoms with Crippen molar-refractivity contribution in [1.82, 2.24) is 9.55 Å². The molecule has 1 fully saturated rings. The lowest BCUT2D eigenvalue weighted by Crippen LogP contribution is -2.22. The van der Waals surface area contributed by atoms with Gasteiger partial charge in [-0.1, -0.05) is 50.3 Å². The molecule has 0 aliphatic heterocycles. The van der Waals surface area contributed by atoms with Crippen LogP contribution in [0.1, 0.15) is 44.9 Å². The average Bonchev–Trinajstić information content (AvgIpc) is 2.91. The predicted octanol–water partition coefficient (Wildman–Crippen LogP) is 4.40. The monoisotopic (exact) mass is 269 g/mol. The molecule has 3 heteroatoms. The summed E-state index contributed by atoms with van der Waals surface area (Å²) in [6.45, 7) is 0. The Morgan fingerprint density at radius 3 is 2.40 bits per heavy atom. The summed E-state index contributed by atoms with van der Waals surface area (Å²) in [7, 11) is 0. The topological polar surface area (TPSA) is 29.9 Å². The highest BCUT2D eigenvalue weighted by Gasteiger charge is 2.13. The van der Waals surface area contributed by atoms with Crippen LogP contribution in [0.3, 0.4) is 0 Å². The molecule has 1 aromatic carbocycles. The van der Waals surface area contributed by atoms with E-state index >= 15 is 0 Å². The van der Waals surface area contributed by atoms with Gasteiger partial charge in [-0.25, -0.2) is 4.98 Å². The number of hydrogen-bond acceptors (Lipinski definition) is 2. The standard InChI is InChI=1S/C17H23N3/c1-2-5-9-15(10-6-3-1)19-17-18-13-14-20(17)16-11-7-4-8-12-16/h4,7-8,11-15H,1-3,5-6,9-10H2,(H,18,19). The Bertz CT molecular complexity index is 510. The Hall–Kier alpha value is -1.77. The molecule has 0 atom stereocenters. The molecule has 106 valence electrons. The van der Waals surface area contributed by atoms with E-state index in [0.717, 1.165) is 5.95 Å². The van der Waals surface area contributed by atoms with E-state index in [2.05, 4.69) is 39.1 Å². The van der Waals surface area contributed by atoms with Crippen molar-refractivity contribution in [3.63, 3.8) is 0 Å². The van der Waals surface area contributed by atoms with Gasteiger partial charge in [0, 0.05) is 24.1 Å². The van der Waals surface area contributed by atoms with E-state index in [-0.39, 0.29) is 0 Å². The van der Waals surface area contributed by atoms with E-state index in [1.165, 1.54) is 50.6 Å². The zero-order valence-electron chi connectivity index (χ0n) is 12.0. The first-order valence-corrected chi connectivity index (χ1v) is 7.79. The van der Waals surface area contributed by atoms with Gasteiger partial charge in [0.25, 0.3) is 0 Å². The largest absolute Gasteiger partial charge is 0.353 e. The van der Waals surface area contributed by atoms with Gasteiger partial charge in [0.2, 0.25) is 5.95 Å². The van der Waals surface area contributed by atoms with Crippen LogP contribution >= 0.6 is 0 Å². The van der Waals surface area contributed by atoms with Crippen molar-refractivity contribution in [2.24, 2.45) is 0 Å². The fourth-order valence-electron chi connectivity index (χ4n) is 2.99. The number of imidazole rings is 1. The number of rotatable bonds is 3. The van der Waals surface area contributed by atoms with Gasteiger partial charge in [-0.05, 0) is 25.0 Å². The number of anilines is 1. The summed E-state index contributed by atoms with van der Waals surface area (Å²) in [5.74, 6) is 0.974. The highest BCUT2D eigenvalue weighted by molar-refractivity contribution is 5.42. The first kappa shape index (κ1) is 13.2. The number of nitrogens with one attached hydrogen (secondary N) is 1. The molecule has 1 aromatic heterocycles. The number of aromatic nitrogens is 2. The van der Waals surface area contributed by atoms with Crippen molar-refractivity contribution >= 4 is 5.95 Å². The van der Waals surface area contributed by atoms with Crippen molar-refractivity contribution in [2.75, 3.05) is 5.32 Å². The van der Waals surface area contributed by atoms with Crippen LogP contribution in [0.4, 0.5) is 5.95 Å². The Morgan fingerprint density at radius 1 is 0.950 bits per heavy atom. The maximum Gasteiger partial charge on any atom is 0.207 e. The number of para-hydroxylation sites is 1. The molecule has 0 unspecified atom stereocenters. The molecule has 0 amide bonds. The smallest absolute Gasteiger partial charge is 0.207 e. The minimum Gasteiger partial charge on any atom is -0.353 e. The van der Waals surface area contributed by atoms with Gasteiger partial charge in [0.05, 0.1) is 0 Å². The third-order valence-electron chi connectivity index (χ3n) is 4.11. The fraction of sp³-hybridized carbons (Fsp3) is 0.471. The van der Waals surface area contributed by atoms with Gasteiger partial charge in [-0.2, -0.15) is 0 Å². The summed E-state index contributed by atoms with van der Waals surface area (Å²) in [5.41, 5.74) is 1.17. The van der Waals surface area contributed by atoms with Crippen LogP contribution in [-0.4, -0.2) is 15.6 Å². The lowest BCUT2D eigenvalue weighted by atomic mass is 9.97. The van der Waals surface area contributed by atoms with Gasteiger partial charge < -0.3 is 5.32 Å². The molecule has 3 rings (SSSR count). The molecule has 3 nitrogen and oxygen atoms in total. The molecular weight excluding hydrogens is 246 g/mol. The molecule has 1 aliphatic carbocycles. The zero-order chi connectivity index (χ0) is 13.6. The third kappa shape index (κ3) is 3.21. The summed E-state index contributed by atoms with van der Waals surface area (Å²) < 4.78 is 2.14. The molecule has 0 radical (unpaired) electrons. The Kier molecular flexibility index (Phi) is 4.36. The zero-order valence-corrected chi connectivity index (χ0v) is 12.0. The molecule has 1 heterocycles. The minimum absolute atomic E-state index is 0.570. The molecule has 20 heavy (non-hydrogen) atoms. The van der Waals surface area contributed by atoms with Crippen molar-refractivity contribution in [3.05, 3.63) is 42.7 Å². The maximum absolute atomic E-state index is 4.49. The second-order valence-corrected chi connectivity index (χ2v) is 5.64. The molecule has 2 aromatic rings. The highest BCUT2D eigenvalue weighted by Crippen LogP contribution is 2.21. The van der Waals surface area contributed by atoms with E-state index in [9.17, 15) is 0 Å². The van der Waals surface area contributed by atoms with Gasteiger partial charge in [0.15, 0.2) is 0 Å². The Morgan fingerprint density at radius 2 is 1.65 bits per heavy atom. The van der Waals surface area contributed by atoms with E-state index < -0.39 is 0 Å². The fourth-order valence-corrected chi connectivity index (χ4v) is 2.99. The van der Waals surface area contributed by atoms with Gasteiger partial charge in [-0.3, -0.25) is 4.57 Å². The lowest BCUT2D eigenvalue weighted by Gasteiger charge is -2.22. The number of benzene rings is 1. The average molecular weight is 269 g/mol. The van der Waals surface area contributed by atoms with E-state index in [4.69, 9.17) is 0 Å². The van der Waals surface area contributed by atoms with Crippen LogP contribution in [-0.2, 0) is 0 Å². The number of nitrogens with zero attached hydrogens (tertiary/aromatic N) is 2. The highest BCUT2D eigenvalue weighted by atomic mass is 15.2. The van der Waals surface area contributed by atoms with Crippen molar-refractivity contribution in [3.8, 4) is 5.69 Å². The molecule has 1 N–H and O–H groups in total. The first-order valence-electron chi connectivity index (χ1n) is 7.79. The molecular formula is C17H23N3. The van der Waals surface area contributed by atoms with Crippen LogP contribution in [0.25, 0.3) is 5.69 Å². The normalized spacial score (nSPS) is 17.4. The minimum atomic E-state index is 0.570. The number of hydrogen-bond donors (Lipinski definition) is 1. The van der Waals surface area contributed by atoms with Crippen LogP contribution < -0.4 is 5.32 Å². The predicted molar refractivity (Wildman–Crippen MR) is 83.3 cm³/mol. The summed E-state index contributed by atoms with van der Waals surface area (Å²) in [6.07, 6.45) is 13.3. The molecule has 1 aliphatic rings. The molecule has 1 saturated carbocycles. The molecule has 0 saturated heterocycles. The SMILES string of the molecule is c1ccc(-n2ccnc2NC2CCCCCCC2)cc1. The maximum atomic E-state index is 4.49. The van der Waals surface area contributed by atoms with Crippen molar-refractivity contribution in [1.29, 1.82) is 0 Å². The first-order chi connectivity index (χ1) is 9.93. The van der Waals surface area contributed by atoms with Gasteiger partial charge >= 0.3 is 0 Å². The van der Waals surface area contributed by atoms with Crippen LogP contribution in [0.2, 0.25) is 0 Å². The van der Waals surface area contributed by atoms with Gasteiger partial charge in [0.1, 0.15) is 0 Å². The second-order valence-electron chi connectivity index (χ2n) is 5.64. The quantitative estimate of drug-likeness (QED) is 0.895. The van der Waals surface area contributed by atoms with Crippen LogP contribution in [0.5, 0.6) is 0 Å². The summed E-state index contributed by atoms with van der Waals surface area (Å²) in [5, 5.41) is 3.65. The van der Waals surface area contributed by atoms with E-state index in [1.54, 1.807) is 0 Å². The lowest BCUT2D eigenvalue weighted by molar-refractivity contribution is 0.469. The van der Waals surface area contributed by atoms with Crippen LogP contribution in [0, 0.1) is 0 Å². The third-order valence-corrected chi connectivity index (χ3v) is 4.11. The Labute approximate surface area is 121 Å². The molecule has 0 spiro atoms. The Balaban J connectivity index is 1.73. The van der Waals surface area contributed by atoms with E-state index in [1.807, 2.05) is 18.5 Å². The van der Waals surface area contributed by atoms with Crippen molar-refractivity contribution in [2.45, 2.75) is 51.0 Å². The van der Waals surface area contributed by atoms with Gasteiger partial charge in [-0.15, -0.1) is 0 Å². The summed E-state index contributed by atoms with van der Waals surface area (Å²) in [4.78, 5) is 4.49. The summed E-state index contributed by atoms with van der Waals surface area (Å²) >= 11 is 0. The second kappa shape index (κ2) is 6.60. The summed E-state index contributed by atoms with van der Waals surface area (Å²) in [6, 6.07) is 11.0. The van der Waals surface area contributed by atoms with Crippen molar-refractivity contribution < 1.29 is 0 Å². The van der Waals surface area contributed by atoms with Crippen LogP contribution in [0.15, 0.2) is 42.7 Å². The van der Waals surface area contributed by atoms with E-state index in [0.29, 0.717) is 6.04 Å². The molecule has 0 bridgehead atoms.